The first-order valence-electron chi connectivity index (χ1n) is 11.4. The average Bonchev–Trinajstić information content (AvgIpc) is 3.21. The van der Waals surface area contributed by atoms with E-state index in [1.807, 2.05) is 47.0 Å². The van der Waals surface area contributed by atoms with E-state index in [0.29, 0.717) is 21.4 Å². The third-order valence-electron chi connectivity index (χ3n) is 5.11. The van der Waals surface area contributed by atoms with E-state index < -0.39 is 0 Å². The number of phenols is 2. The molecule has 0 bridgehead atoms. The van der Waals surface area contributed by atoms with E-state index >= 15 is 0 Å². The predicted molar refractivity (Wildman–Crippen MR) is 143 cm³/mol. The van der Waals surface area contributed by atoms with Crippen molar-refractivity contribution in [2.75, 3.05) is 21.2 Å². The molecule has 1 atom stereocenters. The summed E-state index contributed by atoms with van der Waals surface area (Å²) in [6.45, 7) is 8.10. The molecule has 0 fully saturated rings. The van der Waals surface area contributed by atoms with Gasteiger partial charge in [0.1, 0.15) is 5.75 Å². The number of nitrogens with zero attached hydrogens (tertiary/aromatic N) is 2. The molecule has 1 aliphatic heterocycles. The summed E-state index contributed by atoms with van der Waals surface area (Å²) in [5.41, 5.74) is 2.93. The molecule has 0 aliphatic carbocycles. The molecule has 2 aromatic carbocycles. The number of aromatic hydroxyl groups is 2. The molecular formula is C27H34N2O4S. The average molecular weight is 483 g/mol. The van der Waals surface area contributed by atoms with Crippen molar-refractivity contribution in [3.63, 3.8) is 0 Å². The molecule has 0 saturated carbocycles. The molecule has 3 rings (SSSR count). The summed E-state index contributed by atoms with van der Waals surface area (Å²) < 4.78 is 5.38. The Morgan fingerprint density at radius 1 is 1.15 bits per heavy atom. The highest BCUT2D eigenvalue weighted by atomic mass is 32.2. The number of benzene rings is 2. The van der Waals surface area contributed by atoms with E-state index in [-0.39, 0.29) is 23.3 Å². The van der Waals surface area contributed by atoms with Gasteiger partial charge in [-0.1, -0.05) is 45.9 Å². The number of hydrogen-bond donors (Lipinski definition) is 2. The van der Waals surface area contributed by atoms with Crippen LogP contribution in [-0.4, -0.2) is 47.4 Å². The van der Waals surface area contributed by atoms with Gasteiger partial charge in [0, 0.05) is 31.1 Å². The van der Waals surface area contributed by atoms with Crippen LogP contribution in [0.2, 0.25) is 0 Å². The number of aliphatic imine (C=N–C) groups is 1. The Kier molecular flexibility index (Phi) is 9.81. The molecule has 1 heterocycles. The fraction of sp³-hybridized carbons (Fsp3) is 0.333. The molecule has 0 spiro atoms. The van der Waals surface area contributed by atoms with Crippen molar-refractivity contribution in [2.24, 2.45) is 4.99 Å². The van der Waals surface area contributed by atoms with Crippen molar-refractivity contribution >= 4 is 28.9 Å². The van der Waals surface area contributed by atoms with Crippen LogP contribution < -0.4 is 4.74 Å². The first-order chi connectivity index (χ1) is 16.2. The van der Waals surface area contributed by atoms with Gasteiger partial charge < -0.3 is 19.8 Å². The van der Waals surface area contributed by atoms with Crippen molar-refractivity contribution in [3.8, 4) is 28.4 Å². The van der Waals surface area contributed by atoms with Gasteiger partial charge in [-0.2, -0.15) is 4.99 Å². The Morgan fingerprint density at radius 3 is 2.44 bits per heavy atom. The number of thioether (sulfide) groups is 1. The maximum absolute atomic E-state index is 12.3. The van der Waals surface area contributed by atoms with E-state index in [0.717, 1.165) is 23.1 Å². The minimum Gasteiger partial charge on any atom is -0.508 e. The smallest absolute Gasteiger partial charge is 0.286 e. The number of hydrogen-bond acceptors (Lipinski definition) is 6. The van der Waals surface area contributed by atoms with E-state index in [9.17, 15) is 15.0 Å². The molecule has 182 valence electrons. The Balaban J connectivity index is 0.00000199. The molecule has 1 unspecified atom stereocenters. The summed E-state index contributed by atoms with van der Waals surface area (Å²) in [6.07, 6.45) is 6.69. The van der Waals surface area contributed by atoms with Crippen LogP contribution in [0.3, 0.4) is 0 Å². The van der Waals surface area contributed by atoms with Gasteiger partial charge in [0.2, 0.25) is 0 Å². The SMILES string of the molecule is CC.CC/C=C/C(C)c1cc(-c2cc(/C=C3\SC(N(C)C)=NC3=O)c(O)c(OC)c2)ccc1O. The number of amidine groups is 1. The highest BCUT2D eigenvalue weighted by Crippen LogP contribution is 2.40. The van der Waals surface area contributed by atoms with Crippen LogP contribution in [0.15, 0.2) is 52.4 Å². The van der Waals surface area contributed by atoms with Gasteiger partial charge in [-0.3, -0.25) is 4.79 Å². The van der Waals surface area contributed by atoms with Gasteiger partial charge >= 0.3 is 0 Å². The number of carbonyl (C=O) groups excluding carboxylic acids is 1. The lowest BCUT2D eigenvalue weighted by molar-refractivity contribution is -0.113. The Morgan fingerprint density at radius 2 is 1.85 bits per heavy atom. The number of rotatable bonds is 6. The molecule has 0 aromatic heterocycles. The second kappa shape index (κ2) is 12.3. The lowest BCUT2D eigenvalue weighted by atomic mass is 9.93. The molecular weight excluding hydrogens is 448 g/mol. The Labute approximate surface area is 206 Å². The Hall–Kier alpha value is -3.19. The van der Waals surface area contributed by atoms with Crippen molar-refractivity contribution in [2.45, 2.75) is 40.0 Å². The Bertz CT molecular complexity index is 1120. The van der Waals surface area contributed by atoms with E-state index in [1.54, 1.807) is 29.2 Å². The molecule has 2 aromatic rings. The first-order valence-corrected chi connectivity index (χ1v) is 12.2. The third-order valence-corrected chi connectivity index (χ3v) is 6.27. The highest BCUT2D eigenvalue weighted by Gasteiger charge is 2.24. The quantitative estimate of drug-likeness (QED) is 0.366. The topological polar surface area (TPSA) is 82.4 Å². The van der Waals surface area contributed by atoms with Gasteiger partial charge in [-0.25, -0.2) is 0 Å². The number of phenolic OH excluding ortho intramolecular Hbond substituents is 2. The third kappa shape index (κ3) is 6.23. The van der Waals surface area contributed by atoms with Crippen molar-refractivity contribution < 1.29 is 19.7 Å². The van der Waals surface area contributed by atoms with Crippen LogP contribution in [0.4, 0.5) is 0 Å². The minimum absolute atomic E-state index is 0.0459. The highest BCUT2D eigenvalue weighted by molar-refractivity contribution is 8.18. The first kappa shape index (κ1) is 27.1. The summed E-state index contributed by atoms with van der Waals surface area (Å²) in [6, 6.07) is 8.97. The van der Waals surface area contributed by atoms with Crippen molar-refractivity contribution in [3.05, 3.63) is 58.5 Å². The van der Waals surface area contributed by atoms with E-state index in [1.165, 1.54) is 18.9 Å². The predicted octanol–water partition coefficient (Wildman–Crippen LogP) is 6.40. The number of ether oxygens (including phenoxy) is 1. The van der Waals surface area contributed by atoms with Gasteiger partial charge in [0.25, 0.3) is 5.91 Å². The molecule has 34 heavy (non-hydrogen) atoms. The summed E-state index contributed by atoms with van der Waals surface area (Å²) in [7, 11) is 5.13. The van der Waals surface area contributed by atoms with Gasteiger partial charge in [-0.05, 0) is 59.7 Å². The van der Waals surface area contributed by atoms with Gasteiger partial charge in [0.15, 0.2) is 16.7 Å². The maximum Gasteiger partial charge on any atom is 0.286 e. The lowest BCUT2D eigenvalue weighted by Gasteiger charge is -2.14. The molecule has 1 aliphatic rings. The molecule has 7 heteroatoms. The monoisotopic (exact) mass is 482 g/mol. The maximum atomic E-state index is 12.3. The van der Waals surface area contributed by atoms with E-state index in [4.69, 9.17) is 4.74 Å². The zero-order valence-corrected chi connectivity index (χ0v) is 21.7. The number of amides is 1. The zero-order chi connectivity index (χ0) is 25.4. The normalized spacial score (nSPS) is 15.2. The largest absolute Gasteiger partial charge is 0.508 e. The van der Waals surface area contributed by atoms with Crippen molar-refractivity contribution in [1.82, 2.24) is 4.90 Å². The summed E-state index contributed by atoms with van der Waals surface area (Å²) in [5.74, 6) is 0.188. The standard InChI is InChI=1S/C25H28N2O4S.C2H6/c1-6-7-8-15(2)19-12-16(9-10-20(19)28)17-11-18(23(29)21(13-17)31-5)14-22-24(30)26-25(32-22)27(3)4;1-2/h7-15,28-29H,6H2,1-5H3;1-2H3/b8-7+,22-14-;. The van der Waals surface area contributed by atoms with Crippen LogP contribution in [-0.2, 0) is 4.79 Å². The lowest BCUT2D eigenvalue weighted by Crippen LogP contribution is -2.16. The minimum atomic E-state index is -0.342. The zero-order valence-electron chi connectivity index (χ0n) is 20.9. The fourth-order valence-corrected chi connectivity index (χ4v) is 4.16. The molecule has 0 saturated heterocycles. The van der Waals surface area contributed by atoms with E-state index in [2.05, 4.69) is 24.1 Å². The second-order valence-corrected chi connectivity index (χ2v) is 8.73. The molecule has 0 radical (unpaired) electrons. The van der Waals surface area contributed by atoms with Crippen LogP contribution in [0.5, 0.6) is 17.2 Å². The fourth-order valence-electron chi connectivity index (χ4n) is 3.33. The van der Waals surface area contributed by atoms with Crippen LogP contribution in [0.1, 0.15) is 51.2 Å². The number of allylic oxidation sites excluding steroid dienone is 2. The number of methoxy groups -OCH3 is 1. The van der Waals surface area contributed by atoms with Crippen LogP contribution in [0.25, 0.3) is 17.2 Å². The van der Waals surface area contributed by atoms with Gasteiger partial charge in [-0.15, -0.1) is 0 Å². The molecule has 2 N–H and O–H groups in total. The summed E-state index contributed by atoms with van der Waals surface area (Å²) >= 11 is 1.26. The second-order valence-electron chi connectivity index (χ2n) is 7.72. The van der Waals surface area contributed by atoms with Crippen LogP contribution >= 0.6 is 11.8 Å². The van der Waals surface area contributed by atoms with Crippen molar-refractivity contribution in [1.29, 1.82) is 0 Å². The summed E-state index contributed by atoms with van der Waals surface area (Å²) in [4.78, 5) is 18.5. The number of carbonyl (C=O) groups is 1. The van der Waals surface area contributed by atoms with Gasteiger partial charge in [0.05, 0.1) is 12.0 Å². The molecule has 6 nitrogen and oxygen atoms in total. The van der Waals surface area contributed by atoms with Crippen LogP contribution in [0, 0.1) is 0 Å². The molecule has 1 amide bonds. The summed E-state index contributed by atoms with van der Waals surface area (Å²) in [5, 5.41) is 21.7.